The molecule has 25 heavy (non-hydrogen) atoms. The second kappa shape index (κ2) is 7.91. The minimum atomic E-state index is -1.39. The number of aliphatic carboxylic acids is 1. The molecule has 8 heteroatoms. The first-order chi connectivity index (χ1) is 11.9. The zero-order valence-corrected chi connectivity index (χ0v) is 13.3. The maximum Gasteiger partial charge on any atom is 0.269 e. The smallest absolute Gasteiger partial charge is 0.269 e. The van der Waals surface area contributed by atoms with Crippen LogP contribution in [0.5, 0.6) is 5.75 Å². The van der Waals surface area contributed by atoms with Crippen LogP contribution in [0.4, 0.5) is 5.69 Å². The molecule has 0 aliphatic heterocycles. The van der Waals surface area contributed by atoms with Gasteiger partial charge in [0.25, 0.3) is 11.6 Å². The number of ether oxygens (including phenoxy) is 1. The van der Waals surface area contributed by atoms with Gasteiger partial charge >= 0.3 is 0 Å². The molecule has 0 aliphatic carbocycles. The molecule has 2 rings (SSSR count). The van der Waals surface area contributed by atoms with E-state index in [2.05, 4.69) is 5.32 Å². The van der Waals surface area contributed by atoms with E-state index >= 15 is 0 Å². The van der Waals surface area contributed by atoms with Gasteiger partial charge in [0.15, 0.2) is 0 Å². The number of nitrogens with one attached hydrogen (secondary N) is 1. The number of non-ortho nitro benzene ring substituents is 1. The summed E-state index contributed by atoms with van der Waals surface area (Å²) in [6, 6.07) is 10.8. The highest BCUT2D eigenvalue weighted by Gasteiger charge is 2.19. The van der Waals surface area contributed by atoms with E-state index in [1.807, 2.05) is 0 Å². The molecule has 1 N–H and O–H groups in total. The molecule has 8 nitrogen and oxygen atoms in total. The van der Waals surface area contributed by atoms with Gasteiger partial charge in [-0.3, -0.25) is 14.9 Å². The van der Waals surface area contributed by atoms with Gasteiger partial charge in [-0.15, -0.1) is 0 Å². The van der Waals surface area contributed by atoms with Gasteiger partial charge in [-0.1, -0.05) is 18.2 Å². The quantitative estimate of drug-likeness (QED) is 0.596. The van der Waals surface area contributed by atoms with Gasteiger partial charge < -0.3 is 20.0 Å². The van der Waals surface area contributed by atoms with Crippen molar-refractivity contribution < 1.29 is 24.4 Å². The minimum absolute atomic E-state index is 0.198. The molecule has 0 fully saturated rings. The summed E-state index contributed by atoms with van der Waals surface area (Å²) in [5, 5.41) is 24.5. The fourth-order valence-corrected chi connectivity index (χ4v) is 2.28. The van der Waals surface area contributed by atoms with Crippen LogP contribution in [0.15, 0.2) is 48.5 Å². The number of carbonyl (C=O) groups excluding carboxylic acids is 2. The molecule has 1 atom stereocenters. The zero-order chi connectivity index (χ0) is 18.4. The van der Waals surface area contributed by atoms with Gasteiger partial charge in [0.05, 0.1) is 18.1 Å². The van der Waals surface area contributed by atoms with E-state index in [-0.39, 0.29) is 11.3 Å². The summed E-state index contributed by atoms with van der Waals surface area (Å²) >= 11 is 0. The average Bonchev–Trinajstić information content (AvgIpc) is 2.60. The third kappa shape index (κ3) is 4.77. The molecule has 0 saturated heterocycles. The molecule has 0 saturated carbocycles. The standard InChI is InChI=1S/C17H16N2O6/c1-25-14-7-3-5-12(9-14)17(22)18-15(10-16(20)21)11-4-2-6-13(8-11)19(23)24/h2-9,15H,10H2,1H3,(H,18,22)(H,20,21)/p-1/t15-/m1/s1. The van der Waals surface area contributed by atoms with E-state index in [9.17, 15) is 24.8 Å². The number of carboxylic acids is 1. The van der Waals surface area contributed by atoms with Gasteiger partial charge in [0, 0.05) is 30.1 Å². The predicted molar refractivity (Wildman–Crippen MR) is 85.9 cm³/mol. The van der Waals surface area contributed by atoms with Crippen molar-refractivity contribution in [2.75, 3.05) is 7.11 Å². The summed E-state index contributed by atoms with van der Waals surface area (Å²) < 4.78 is 5.04. The second-order valence-electron chi connectivity index (χ2n) is 5.19. The number of rotatable bonds is 7. The Morgan fingerprint density at radius 3 is 2.56 bits per heavy atom. The monoisotopic (exact) mass is 343 g/mol. The molecule has 0 heterocycles. The Morgan fingerprint density at radius 1 is 1.20 bits per heavy atom. The number of hydrogen-bond donors (Lipinski definition) is 1. The van der Waals surface area contributed by atoms with Crippen LogP contribution >= 0.6 is 0 Å². The van der Waals surface area contributed by atoms with Crippen molar-refractivity contribution in [3.05, 3.63) is 69.8 Å². The lowest BCUT2D eigenvalue weighted by molar-refractivity contribution is -0.385. The van der Waals surface area contributed by atoms with E-state index in [0.29, 0.717) is 11.3 Å². The molecule has 0 spiro atoms. The summed E-state index contributed by atoms with van der Waals surface area (Å²) in [6.45, 7) is 0. The fraction of sp³-hybridized carbons (Fsp3) is 0.176. The third-order valence-electron chi connectivity index (χ3n) is 3.49. The molecular weight excluding hydrogens is 328 g/mol. The van der Waals surface area contributed by atoms with Gasteiger partial charge in [0.1, 0.15) is 5.75 Å². The van der Waals surface area contributed by atoms with Crippen molar-refractivity contribution in [1.82, 2.24) is 5.32 Å². The molecule has 2 aromatic rings. The highest BCUT2D eigenvalue weighted by Crippen LogP contribution is 2.22. The van der Waals surface area contributed by atoms with Crippen LogP contribution in [0.3, 0.4) is 0 Å². The van der Waals surface area contributed by atoms with E-state index in [1.165, 1.54) is 37.4 Å². The Labute approximate surface area is 143 Å². The Balaban J connectivity index is 2.28. The molecule has 2 aromatic carbocycles. The van der Waals surface area contributed by atoms with Gasteiger partial charge in [0.2, 0.25) is 0 Å². The highest BCUT2D eigenvalue weighted by atomic mass is 16.6. The van der Waals surface area contributed by atoms with Crippen molar-refractivity contribution in [1.29, 1.82) is 0 Å². The van der Waals surface area contributed by atoms with Crippen molar-refractivity contribution in [2.24, 2.45) is 0 Å². The number of carbonyl (C=O) groups is 2. The summed E-state index contributed by atoms with van der Waals surface area (Å²) in [5.74, 6) is -1.45. The number of hydrogen-bond acceptors (Lipinski definition) is 6. The van der Waals surface area contributed by atoms with Gasteiger partial charge in [-0.25, -0.2) is 0 Å². The number of nitrogens with zero attached hydrogens (tertiary/aromatic N) is 1. The second-order valence-corrected chi connectivity index (χ2v) is 5.19. The molecular formula is C17H15N2O6-. The average molecular weight is 343 g/mol. The molecule has 0 bridgehead atoms. The summed E-state index contributed by atoms with van der Waals surface area (Å²) in [4.78, 5) is 33.7. The molecule has 0 unspecified atom stereocenters. The maximum absolute atomic E-state index is 12.4. The highest BCUT2D eigenvalue weighted by molar-refractivity contribution is 5.95. The number of carboxylic acid groups (broad SMARTS) is 1. The minimum Gasteiger partial charge on any atom is -0.550 e. The lowest BCUT2D eigenvalue weighted by Crippen LogP contribution is -2.34. The summed E-state index contributed by atoms with van der Waals surface area (Å²) in [7, 11) is 1.46. The van der Waals surface area contributed by atoms with E-state index in [1.54, 1.807) is 18.2 Å². The third-order valence-corrected chi connectivity index (χ3v) is 3.49. The number of nitro groups is 1. The van der Waals surface area contributed by atoms with E-state index < -0.39 is 29.3 Å². The van der Waals surface area contributed by atoms with Crippen LogP contribution in [0.2, 0.25) is 0 Å². The van der Waals surface area contributed by atoms with Crippen LogP contribution < -0.4 is 15.2 Å². The summed E-state index contributed by atoms with van der Waals surface area (Å²) in [5.41, 5.74) is 0.374. The number of nitro benzene ring substituents is 1. The van der Waals surface area contributed by atoms with Crippen LogP contribution in [0.1, 0.15) is 28.4 Å². The van der Waals surface area contributed by atoms with E-state index in [4.69, 9.17) is 4.74 Å². The number of methoxy groups -OCH3 is 1. The number of benzene rings is 2. The Hall–Kier alpha value is -3.42. The topological polar surface area (TPSA) is 122 Å². The largest absolute Gasteiger partial charge is 0.550 e. The normalized spacial score (nSPS) is 11.4. The Kier molecular flexibility index (Phi) is 5.67. The fourth-order valence-electron chi connectivity index (χ4n) is 2.28. The molecule has 1 amide bonds. The lowest BCUT2D eigenvalue weighted by atomic mass is 10.0. The van der Waals surface area contributed by atoms with Crippen LogP contribution in [0, 0.1) is 10.1 Å². The van der Waals surface area contributed by atoms with Gasteiger partial charge in [-0.05, 0) is 23.8 Å². The Bertz CT molecular complexity index is 805. The Morgan fingerprint density at radius 2 is 1.92 bits per heavy atom. The number of amides is 1. The molecule has 0 aliphatic rings. The lowest BCUT2D eigenvalue weighted by Gasteiger charge is -2.20. The first kappa shape index (κ1) is 17.9. The van der Waals surface area contributed by atoms with Gasteiger partial charge in [-0.2, -0.15) is 0 Å². The van der Waals surface area contributed by atoms with Crippen LogP contribution in [-0.4, -0.2) is 23.9 Å². The van der Waals surface area contributed by atoms with Crippen molar-refractivity contribution in [3.63, 3.8) is 0 Å². The molecule has 130 valence electrons. The first-order valence-electron chi connectivity index (χ1n) is 7.30. The van der Waals surface area contributed by atoms with Crippen LogP contribution in [-0.2, 0) is 4.79 Å². The predicted octanol–water partition coefficient (Wildman–Crippen LogP) is 1.21. The van der Waals surface area contributed by atoms with Crippen molar-refractivity contribution in [2.45, 2.75) is 12.5 Å². The van der Waals surface area contributed by atoms with E-state index in [0.717, 1.165) is 0 Å². The van der Waals surface area contributed by atoms with Crippen molar-refractivity contribution in [3.8, 4) is 5.75 Å². The first-order valence-corrected chi connectivity index (χ1v) is 7.30. The summed E-state index contributed by atoms with van der Waals surface area (Å²) in [6.07, 6.45) is -0.517. The van der Waals surface area contributed by atoms with Crippen molar-refractivity contribution >= 4 is 17.6 Å². The molecule has 0 aromatic heterocycles. The SMILES string of the molecule is COc1cccc(C(=O)N[C@H](CC(=O)[O-])c2cccc([N+](=O)[O-])c2)c1. The molecule has 0 radical (unpaired) electrons. The maximum atomic E-state index is 12.4. The van der Waals surface area contributed by atoms with Crippen LogP contribution in [0.25, 0.3) is 0 Å². The zero-order valence-electron chi connectivity index (χ0n) is 13.3.